The molecule has 1 amide bonds. The number of fused-ring (bicyclic) bond motifs is 1. The van der Waals surface area contributed by atoms with Gasteiger partial charge in [-0.05, 0) is 68.3 Å². The summed E-state index contributed by atoms with van der Waals surface area (Å²) in [4.78, 5) is 16.7. The predicted octanol–water partition coefficient (Wildman–Crippen LogP) is 4.83. The van der Waals surface area contributed by atoms with Gasteiger partial charge in [-0.3, -0.25) is 9.78 Å². The van der Waals surface area contributed by atoms with Gasteiger partial charge in [-0.25, -0.2) is 0 Å². The first-order valence-corrected chi connectivity index (χ1v) is 8.37. The third-order valence-electron chi connectivity index (χ3n) is 3.93. The van der Waals surface area contributed by atoms with Crippen molar-refractivity contribution >= 4 is 34.1 Å². The molecule has 3 aromatic rings. The summed E-state index contributed by atoms with van der Waals surface area (Å²) in [5.74, 6) is 0.406. The van der Waals surface area contributed by atoms with Crippen LogP contribution in [0.5, 0.6) is 5.75 Å². The molecule has 0 aliphatic carbocycles. The summed E-state index contributed by atoms with van der Waals surface area (Å²) in [7, 11) is 0. The van der Waals surface area contributed by atoms with Crippen molar-refractivity contribution in [2.45, 2.75) is 20.8 Å². The van der Waals surface area contributed by atoms with Crippen LogP contribution < -0.4 is 10.1 Å². The Kier molecular flexibility index (Phi) is 4.91. The first-order valence-electron chi connectivity index (χ1n) is 8.00. The quantitative estimate of drug-likeness (QED) is 0.730. The second-order valence-corrected chi connectivity index (χ2v) is 6.41. The van der Waals surface area contributed by atoms with Crippen LogP contribution in [0.25, 0.3) is 10.9 Å². The smallest absolute Gasteiger partial charge is 0.262 e. The molecule has 2 aromatic carbocycles. The lowest BCUT2D eigenvalue weighted by atomic mass is 10.1. The van der Waals surface area contributed by atoms with E-state index in [1.54, 1.807) is 0 Å². The number of hydrogen-bond donors (Lipinski definition) is 1. The van der Waals surface area contributed by atoms with Crippen LogP contribution in [-0.4, -0.2) is 17.5 Å². The predicted molar refractivity (Wildman–Crippen MR) is 102 cm³/mol. The van der Waals surface area contributed by atoms with Crippen molar-refractivity contribution in [1.82, 2.24) is 4.98 Å². The van der Waals surface area contributed by atoms with Gasteiger partial charge in [-0.15, -0.1) is 0 Å². The van der Waals surface area contributed by atoms with E-state index in [2.05, 4.69) is 10.3 Å². The van der Waals surface area contributed by atoms with E-state index in [-0.39, 0.29) is 12.5 Å². The van der Waals surface area contributed by atoms with E-state index in [9.17, 15) is 4.79 Å². The molecule has 0 spiro atoms. The van der Waals surface area contributed by atoms with Crippen LogP contribution in [0.2, 0.25) is 5.02 Å². The maximum Gasteiger partial charge on any atom is 0.262 e. The highest BCUT2D eigenvalue weighted by Gasteiger charge is 2.09. The molecule has 0 radical (unpaired) electrons. The summed E-state index contributed by atoms with van der Waals surface area (Å²) in [6.45, 7) is 5.69. The van der Waals surface area contributed by atoms with Crippen molar-refractivity contribution in [1.29, 1.82) is 0 Å². The molecular formula is C20H19ClN2O2. The van der Waals surface area contributed by atoms with Crippen LogP contribution in [0.1, 0.15) is 16.8 Å². The number of nitrogens with one attached hydrogen (secondary N) is 1. The fourth-order valence-electron chi connectivity index (χ4n) is 2.69. The van der Waals surface area contributed by atoms with Crippen LogP contribution in [0.4, 0.5) is 5.69 Å². The molecule has 0 bridgehead atoms. The number of rotatable bonds is 4. The van der Waals surface area contributed by atoms with E-state index in [0.29, 0.717) is 5.75 Å². The minimum Gasteiger partial charge on any atom is -0.484 e. The number of carbonyl (C=O) groups excluding carboxylic acids is 1. The molecule has 1 heterocycles. The van der Waals surface area contributed by atoms with Crippen LogP contribution >= 0.6 is 11.6 Å². The van der Waals surface area contributed by atoms with E-state index in [4.69, 9.17) is 16.3 Å². The molecule has 0 fully saturated rings. The van der Waals surface area contributed by atoms with Crippen LogP contribution in [0.15, 0.2) is 42.5 Å². The van der Waals surface area contributed by atoms with E-state index in [0.717, 1.165) is 38.4 Å². The van der Waals surface area contributed by atoms with Gasteiger partial charge in [0.05, 0.1) is 11.2 Å². The molecule has 0 atom stereocenters. The molecule has 3 rings (SSSR count). The molecule has 0 aliphatic rings. The zero-order valence-corrected chi connectivity index (χ0v) is 15.1. The number of anilines is 1. The van der Waals surface area contributed by atoms with Gasteiger partial charge in [0.25, 0.3) is 5.91 Å². The molecule has 0 unspecified atom stereocenters. The number of carbonyl (C=O) groups is 1. The number of benzene rings is 2. The summed E-state index contributed by atoms with van der Waals surface area (Å²) in [6, 6.07) is 13.2. The number of hydrogen-bond acceptors (Lipinski definition) is 3. The van der Waals surface area contributed by atoms with Gasteiger partial charge in [-0.1, -0.05) is 17.7 Å². The normalized spacial score (nSPS) is 10.7. The Hall–Kier alpha value is -2.59. The van der Waals surface area contributed by atoms with Crippen LogP contribution in [0, 0.1) is 20.8 Å². The maximum absolute atomic E-state index is 12.3. The van der Waals surface area contributed by atoms with Crippen LogP contribution in [-0.2, 0) is 4.79 Å². The molecule has 25 heavy (non-hydrogen) atoms. The summed E-state index contributed by atoms with van der Waals surface area (Å²) < 4.78 is 5.60. The Morgan fingerprint density at radius 2 is 1.84 bits per heavy atom. The molecule has 0 saturated heterocycles. The van der Waals surface area contributed by atoms with E-state index in [1.165, 1.54) is 0 Å². The second-order valence-electron chi connectivity index (χ2n) is 6.03. The first-order chi connectivity index (χ1) is 11.9. The Morgan fingerprint density at radius 3 is 2.56 bits per heavy atom. The molecule has 1 N–H and O–H groups in total. The average molecular weight is 355 g/mol. The summed E-state index contributed by atoms with van der Waals surface area (Å²) in [6.07, 6.45) is 0. The number of halogens is 1. The third-order valence-corrected chi connectivity index (χ3v) is 4.52. The summed E-state index contributed by atoms with van der Waals surface area (Å²) >= 11 is 6.15. The zero-order valence-electron chi connectivity index (χ0n) is 14.4. The SMILES string of the molecule is Cc1ccc2c(NC(=O)COc3cc(C)c(Cl)c(C)c3)cccc2n1. The Bertz CT molecular complexity index is 931. The van der Waals surface area contributed by atoms with Crippen molar-refractivity contribution < 1.29 is 9.53 Å². The van der Waals surface area contributed by atoms with Crippen molar-refractivity contribution in [3.63, 3.8) is 0 Å². The van der Waals surface area contributed by atoms with Crippen molar-refractivity contribution in [2.24, 2.45) is 0 Å². The Balaban J connectivity index is 1.71. The molecule has 0 saturated carbocycles. The van der Waals surface area contributed by atoms with Gasteiger partial charge in [0.15, 0.2) is 6.61 Å². The Labute approximate surface area is 151 Å². The number of aromatic nitrogens is 1. The lowest BCUT2D eigenvalue weighted by Crippen LogP contribution is -2.20. The van der Waals surface area contributed by atoms with Crippen molar-refractivity contribution in [3.05, 3.63) is 64.3 Å². The molecule has 4 nitrogen and oxygen atoms in total. The topological polar surface area (TPSA) is 51.2 Å². The second kappa shape index (κ2) is 7.11. The lowest BCUT2D eigenvalue weighted by molar-refractivity contribution is -0.118. The highest BCUT2D eigenvalue weighted by Crippen LogP contribution is 2.26. The summed E-state index contributed by atoms with van der Waals surface area (Å²) in [5, 5.41) is 4.51. The largest absolute Gasteiger partial charge is 0.484 e. The van der Waals surface area contributed by atoms with E-state index < -0.39 is 0 Å². The van der Waals surface area contributed by atoms with Gasteiger partial charge in [0.1, 0.15) is 5.75 Å². The minimum atomic E-state index is -0.224. The van der Waals surface area contributed by atoms with Crippen LogP contribution in [0.3, 0.4) is 0 Å². The van der Waals surface area contributed by atoms with E-state index in [1.807, 2.05) is 63.2 Å². The molecule has 128 valence electrons. The van der Waals surface area contributed by atoms with Gasteiger partial charge in [0, 0.05) is 16.1 Å². The number of nitrogens with zero attached hydrogens (tertiary/aromatic N) is 1. The number of ether oxygens (including phenoxy) is 1. The zero-order chi connectivity index (χ0) is 18.0. The molecular weight excluding hydrogens is 336 g/mol. The lowest BCUT2D eigenvalue weighted by Gasteiger charge is -2.11. The first kappa shape index (κ1) is 17.2. The van der Waals surface area contributed by atoms with Gasteiger partial charge >= 0.3 is 0 Å². The highest BCUT2D eigenvalue weighted by atomic mass is 35.5. The fourth-order valence-corrected chi connectivity index (χ4v) is 2.80. The van der Waals surface area contributed by atoms with Gasteiger partial charge in [-0.2, -0.15) is 0 Å². The number of aryl methyl sites for hydroxylation is 3. The third kappa shape index (κ3) is 3.91. The maximum atomic E-state index is 12.3. The molecule has 1 aromatic heterocycles. The van der Waals surface area contributed by atoms with Crippen molar-refractivity contribution in [2.75, 3.05) is 11.9 Å². The summed E-state index contributed by atoms with van der Waals surface area (Å²) in [5.41, 5.74) is 4.36. The monoisotopic (exact) mass is 354 g/mol. The minimum absolute atomic E-state index is 0.0732. The van der Waals surface area contributed by atoms with Gasteiger partial charge < -0.3 is 10.1 Å². The van der Waals surface area contributed by atoms with Crippen molar-refractivity contribution in [3.8, 4) is 5.75 Å². The fraction of sp³-hybridized carbons (Fsp3) is 0.200. The number of amides is 1. The highest BCUT2D eigenvalue weighted by molar-refractivity contribution is 6.32. The van der Waals surface area contributed by atoms with Gasteiger partial charge in [0.2, 0.25) is 0 Å². The average Bonchev–Trinajstić information content (AvgIpc) is 2.57. The standard InChI is InChI=1S/C20H19ClN2O2/c1-12-9-15(10-13(2)20(12)21)25-11-19(24)23-18-6-4-5-17-16(18)8-7-14(3)22-17/h4-10H,11H2,1-3H3,(H,23,24). The molecule has 5 heteroatoms. The van der Waals surface area contributed by atoms with E-state index >= 15 is 0 Å². The number of pyridine rings is 1. The Morgan fingerprint density at radius 1 is 1.12 bits per heavy atom. The molecule has 0 aliphatic heterocycles.